The standard InChI is InChI=1S/C13H13N3O7S2/c14-24(18,19)22-11-6-4-9(5-7-11)13(17)16-10-2-1-3-12(8-10)23-25(15,20)21/h1-8H,(H,16,17)(H2,14,18,19)(H2,15,20,21). The van der Waals surface area contributed by atoms with E-state index in [0.29, 0.717) is 0 Å². The molecule has 0 unspecified atom stereocenters. The molecule has 134 valence electrons. The molecule has 12 heteroatoms. The van der Waals surface area contributed by atoms with Gasteiger partial charge in [0.05, 0.1) is 0 Å². The van der Waals surface area contributed by atoms with Crippen LogP contribution in [0.4, 0.5) is 5.69 Å². The molecule has 2 aromatic rings. The smallest absolute Gasteiger partial charge is 0.371 e. The average Bonchev–Trinajstić information content (AvgIpc) is 2.44. The summed E-state index contributed by atoms with van der Waals surface area (Å²) < 4.78 is 52.3. The molecule has 0 aliphatic heterocycles. The van der Waals surface area contributed by atoms with Crippen molar-refractivity contribution in [3.8, 4) is 11.5 Å². The van der Waals surface area contributed by atoms with Gasteiger partial charge in [0.15, 0.2) is 0 Å². The number of carbonyl (C=O) groups is 1. The van der Waals surface area contributed by atoms with Crippen molar-refractivity contribution >= 4 is 32.2 Å². The summed E-state index contributed by atoms with van der Waals surface area (Å²) in [7, 11) is -8.33. The highest BCUT2D eigenvalue weighted by atomic mass is 32.2. The second-order valence-corrected chi connectivity index (χ2v) is 6.96. The fourth-order valence-electron chi connectivity index (χ4n) is 1.76. The average molecular weight is 387 g/mol. The van der Waals surface area contributed by atoms with Crippen molar-refractivity contribution < 1.29 is 30.0 Å². The van der Waals surface area contributed by atoms with Crippen molar-refractivity contribution in [2.24, 2.45) is 10.3 Å². The van der Waals surface area contributed by atoms with Gasteiger partial charge in [-0.2, -0.15) is 27.1 Å². The lowest BCUT2D eigenvalue weighted by molar-refractivity contribution is 0.102. The second-order valence-electron chi connectivity index (χ2n) is 4.66. The molecule has 0 saturated carbocycles. The van der Waals surface area contributed by atoms with Gasteiger partial charge < -0.3 is 13.7 Å². The third-order valence-corrected chi connectivity index (χ3v) is 3.48. The van der Waals surface area contributed by atoms with Gasteiger partial charge in [0.1, 0.15) is 11.5 Å². The molecule has 10 nitrogen and oxygen atoms in total. The Balaban J connectivity index is 2.10. The number of benzene rings is 2. The van der Waals surface area contributed by atoms with Gasteiger partial charge in [0.2, 0.25) is 0 Å². The highest BCUT2D eigenvalue weighted by Crippen LogP contribution is 2.20. The van der Waals surface area contributed by atoms with Crippen LogP contribution in [-0.4, -0.2) is 22.7 Å². The molecule has 0 radical (unpaired) electrons. The fourth-order valence-corrected chi connectivity index (χ4v) is 2.51. The summed E-state index contributed by atoms with van der Waals surface area (Å²) in [6.07, 6.45) is 0. The molecule has 2 rings (SSSR count). The van der Waals surface area contributed by atoms with Crippen molar-refractivity contribution in [2.45, 2.75) is 0 Å². The van der Waals surface area contributed by atoms with E-state index in [1.54, 1.807) is 0 Å². The first-order valence-corrected chi connectivity index (χ1v) is 9.42. The van der Waals surface area contributed by atoms with Gasteiger partial charge in [0, 0.05) is 17.3 Å². The third kappa shape index (κ3) is 6.39. The fraction of sp³-hybridized carbons (Fsp3) is 0. The second kappa shape index (κ2) is 7.06. The van der Waals surface area contributed by atoms with E-state index in [2.05, 4.69) is 13.7 Å². The van der Waals surface area contributed by atoms with Crippen LogP contribution in [0.15, 0.2) is 48.5 Å². The van der Waals surface area contributed by atoms with E-state index < -0.39 is 26.5 Å². The first-order chi connectivity index (χ1) is 11.5. The van der Waals surface area contributed by atoms with E-state index in [0.717, 1.165) is 0 Å². The molecule has 0 aliphatic carbocycles. The van der Waals surface area contributed by atoms with Gasteiger partial charge >= 0.3 is 20.6 Å². The Morgan fingerprint density at radius 3 is 1.96 bits per heavy atom. The Morgan fingerprint density at radius 1 is 0.840 bits per heavy atom. The summed E-state index contributed by atoms with van der Waals surface area (Å²) in [5, 5.41) is 12.0. The van der Waals surface area contributed by atoms with Crippen LogP contribution >= 0.6 is 0 Å². The van der Waals surface area contributed by atoms with Gasteiger partial charge in [-0.3, -0.25) is 4.79 Å². The summed E-state index contributed by atoms with van der Waals surface area (Å²) in [5.41, 5.74) is 0.454. The van der Waals surface area contributed by atoms with E-state index in [1.165, 1.54) is 48.5 Å². The zero-order valence-corrected chi connectivity index (χ0v) is 14.1. The Kier molecular flexibility index (Phi) is 5.27. The number of hydrogen-bond donors (Lipinski definition) is 3. The monoisotopic (exact) mass is 387 g/mol. The lowest BCUT2D eigenvalue weighted by Gasteiger charge is -2.08. The van der Waals surface area contributed by atoms with Crippen LogP contribution in [0.2, 0.25) is 0 Å². The highest BCUT2D eigenvalue weighted by molar-refractivity contribution is 7.85. The van der Waals surface area contributed by atoms with Gasteiger partial charge in [0.25, 0.3) is 5.91 Å². The van der Waals surface area contributed by atoms with Crippen LogP contribution in [-0.2, 0) is 20.6 Å². The van der Waals surface area contributed by atoms with Crippen LogP contribution in [0.3, 0.4) is 0 Å². The van der Waals surface area contributed by atoms with Crippen molar-refractivity contribution in [3.05, 3.63) is 54.1 Å². The largest absolute Gasteiger partial charge is 0.380 e. The normalized spacial score (nSPS) is 11.6. The van der Waals surface area contributed by atoms with E-state index in [1.807, 2.05) is 0 Å². The summed E-state index contributed by atoms with van der Waals surface area (Å²) in [4.78, 5) is 12.1. The minimum atomic E-state index is -4.18. The Bertz CT molecular complexity index is 987. The van der Waals surface area contributed by atoms with Gasteiger partial charge in [-0.1, -0.05) is 6.07 Å². The first kappa shape index (κ1) is 18.7. The number of carbonyl (C=O) groups excluding carboxylic acids is 1. The van der Waals surface area contributed by atoms with Crippen LogP contribution < -0.4 is 24.0 Å². The number of hydrogen-bond acceptors (Lipinski definition) is 7. The first-order valence-electron chi connectivity index (χ1n) is 6.48. The maximum absolute atomic E-state index is 12.1. The molecule has 0 spiro atoms. The summed E-state index contributed by atoms with van der Waals surface area (Å²) >= 11 is 0. The lowest BCUT2D eigenvalue weighted by atomic mass is 10.2. The van der Waals surface area contributed by atoms with E-state index in [-0.39, 0.29) is 22.7 Å². The molecule has 1 amide bonds. The van der Waals surface area contributed by atoms with E-state index >= 15 is 0 Å². The molecular weight excluding hydrogens is 374 g/mol. The molecule has 0 heterocycles. The molecule has 25 heavy (non-hydrogen) atoms. The number of anilines is 1. The summed E-state index contributed by atoms with van der Waals surface area (Å²) in [5.74, 6) is -0.658. The molecular formula is C13H13N3O7S2. The lowest BCUT2D eigenvalue weighted by Crippen LogP contribution is -2.19. The Morgan fingerprint density at radius 2 is 1.40 bits per heavy atom. The number of nitrogens with one attached hydrogen (secondary N) is 1. The zero-order valence-electron chi connectivity index (χ0n) is 12.4. The SMILES string of the molecule is NS(=O)(=O)Oc1ccc(C(=O)Nc2cccc(OS(N)(=O)=O)c2)cc1. The predicted molar refractivity (Wildman–Crippen MR) is 88.3 cm³/mol. The summed E-state index contributed by atoms with van der Waals surface area (Å²) in [6, 6.07) is 10.7. The van der Waals surface area contributed by atoms with Crippen LogP contribution in [0.5, 0.6) is 11.5 Å². The third-order valence-electron chi connectivity index (χ3n) is 2.63. The topological polar surface area (TPSA) is 168 Å². The predicted octanol–water partition coefficient (Wildman–Crippen LogP) is 0.103. The zero-order chi connectivity index (χ0) is 18.7. The van der Waals surface area contributed by atoms with Crippen LogP contribution in [0, 0.1) is 0 Å². The van der Waals surface area contributed by atoms with Crippen LogP contribution in [0.25, 0.3) is 0 Å². The maximum atomic E-state index is 12.1. The Labute approximate surface area is 143 Å². The molecule has 2 aromatic carbocycles. The van der Waals surface area contributed by atoms with E-state index in [9.17, 15) is 21.6 Å². The molecule has 0 aromatic heterocycles. The minimum Gasteiger partial charge on any atom is -0.371 e. The van der Waals surface area contributed by atoms with Crippen molar-refractivity contribution in [3.63, 3.8) is 0 Å². The molecule has 0 aliphatic rings. The summed E-state index contributed by atoms with van der Waals surface area (Å²) in [6.45, 7) is 0. The van der Waals surface area contributed by atoms with Crippen molar-refractivity contribution in [2.75, 3.05) is 5.32 Å². The maximum Gasteiger partial charge on any atom is 0.380 e. The van der Waals surface area contributed by atoms with Crippen LogP contribution in [0.1, 0.15) is 10.4 Å². The van der Waals surface area contributed by atoms with Gasteiger partial charge in [-0.05, 0) is 36.4 Å². The highest BCUT2D eigenvalue weighted by Gasteiger charge is 2.10. The number of amides is 1. The van der Waals surface area contributed by atoms with E-state index in [4.69, 9.17) is 10.3 Å². The number of rotatable bonds is 6. The Hall–Kier alpha value is -2.67. The molecule has 0 bridgehead atoms. The van der Waals surface area contributed by atoms with Gasteiger partial charge in [-0.25, -0.2) is 0 Å². The van der Waals surface area contributed by atoms with Crippen molar-refractivity contribution in [1.29, 1.82) is 0 Å². The molecule has 5 N–H and O–H groups in total. The molecule has 0 saturated heterocycles. The van der Waals surface area contributed by atoms with Crippen molar-refractivity contribution in [1.82, 2.24) is 0 Å². The van der Waals surface area contributed by atoms with Gasteiger partial charge in [-0.15, -0.1) is 0 Å². The quantitative estimate of drug-likeness (QED) is 0.631. The number of nitrogens with two attached hydrogens (primary N) is 2. The minimum absolute atomic E-state index is 0.0531. The molecule has 0 atom stereocenters. The molecule has 0 fully saturated rings.